The fraction of sp³-hybridized carbons (Fsp3) is 0.500. The molecule has 4 N–H and O–H groups in total. The predicted molar refractivity (Wildman–Crippen MR) is 92.5 cm³/mol. The fourth-order valence-corrected chi connectivity index (χ4v) is 1.76. The second kappa shape index (κ2) is 10.9. The van der Waals surface area contributed by atoms with E-state index in [-0.39, 0.29) is 36.7 Å². The Hall–Kier alpha value is -1.79. The van der Waals surface area contributed by atoms with Crippen LogP contribution < -0.4 is 21.1 Å². The van der Waals surface area contributed by atoms with Crippen molar-refractivity contribution >= 4 is 24.2 Å². The van der Waals surface area contributed by atoms with Crippen molar-refractivity contribution in [2.45, 2.75) is 33.4 Å². The van der Waals surface area contributed by atoms with E-state index in [0.717, 1.165) is 11.3 Å². The SMILES string of the molecule is CCOc1cccc(CNC(=O)CNC(=O)[C@@H](N)C(C)C)c1.Cl. The first-order valence-corrected chi connectivity index (χ1v) is 7.45. The van der Waals surface area contributed by atoms with Crippen LogP contribution >= 0.6 is 12.4 Å². The molecule has 6 nitrogen and oxygen atoms in total. The van der Waals surface area contributed by atoms with Gasteiger partial charge in [0.25, 0.3) is 0 Å². The Kier molecular flexibility index (Phi) is 10.0. The number of hydrogen-bond acceptors (Lipinski definition) is 4. The molecule has 130 valence electrons. The van der Waals surface area contributed by atoms with Gasteiger partial charge in [-0.15, -0.1) is 12.4 Å². The standard InChI is InChI=1S/C16H25N3O3.ClH/c1-4-22-13-7-5-6-12(8-13)9-18-14(20)10-19-16(21)15(17)11(2)3;/h5-8,11,15H,4,9-10,17H2,1-3H3,(H,18,20)(H,19,21);1H/t15-;/m0./s1. The van der Waals surface area contributed by atoms with Gasteiger partial charge in [-0.25, -0.2) is 0 Å². The number of ether oxygens (including phenoxy) is 1. The quantitative estimate of drug-likeness (QED) is 0.661. The Morgan fingerprint density at radius 1 is 1.26 bits per heavy atom. The molecule has 7 heteroatoms. The Balaban J connectivity index is 0.00000484. The van der Waals surface area contributed by atoms with Crippen molar-refractivity contribution in [1.29, 1.82) is 0 Å². The molecule has 1 rings (SSSR count). The van der Waals surface area contributed by atoms with Gasteiger partial charge in [0.1, 0.15) is 5.75 Å². The maximum Gasteiger partial charge on any atom is 0.239 e. The van der Waals surface area contributed by atoms with E-state index in [4.69, 9.17) is 10.5 Å². The summed E-state index contributed by atoms with van der Waals surface area (Å²) < 4.78 is 5.40. The van der Waals surface area contributed by atoms with Crippen LogP contribution in [0.4, 0.5) is 0 Å². The summed E-state index contributed by atoms with van der Waals surface area (Å²) in [5, 5.41) is 5.27. The Morgan fingerprint density at radius 2 is 1.96 bits per heavy atom. The van der Waals surface area contributed by atoms with Crippen LogP contribution in [0.15, 0.2) is 24.3 Å². The van der Waals surface area contributed by atoms with Gasteiger partial charge in [-0.05, 0) is 30.5 Å². The van der Waals surface area contributed by atoms with Crippen LogP contribution in [0.5, 0.6) is 5.75 Å². The molecule has 0 heterocycles. The molecule has 23 heavy (non-hydrogen) atoms. The van der Waals surface area contributed by atoms with Crippen LogP contribution in [0.2, 0.25) is 0 Å². The van der Waals surface area contributed by atoms with Crippen LogP contribution in [0.25, 0.3) is 0 Å². The zero-order chi connectivity index (χ0) is 16.5. The lowest BCUT2D eigenvalue weighted by atomic mass is 10.1. The third kappa shape index (κ3) is 7.85. The van der Waals surface area contributed by atoms with Gasteiger partial charge in [0.2, 0.25) is 11.8 Å². The van der Waals surface area contributed by atoms with Crippen molar-refractivity contribution in [3.05, 3.63) is 29.8 Å². The average molecular weight is 344 g/mol. The number of nitrogens with one attached hydrogen (secondary N) is 2. The topological polar surface area (TPSA) is 93.5 Å². The molecular weight excluding hydrogens is 318 g/mol. The lowest BCUT2D eigenvalue weighted by molar-refractivity contribution is -0.127. The first-order chi connectivity index (χ1) is 10.4. The largest absolute Gasteiger partial charge is 0.494 e. The summed E-state index contributed by atoms with van der Waals surface area (Å²) in [4.78, 5) is 23.4. The number of carbonyl (C=O) groups excluding carboxylic acids is 2. The number of rotatable bonds is 8. The second-order valence-electron chi connectivity index (χ2n) is 5.34. The molecule has 0 unspecified atom stereocenters. The molecule has 0 saturated carbocycles. The van der Waals surface area contributed by atoms with Crippen LogP contribution in [0, 0.1) is 5.92 Å². The van der Waals surface area contributed by atoms with Crippen molar-refractivity contribution < 1.29 is 14.3 Å². The highest BCUT2D eigenvalue weighted by atomic mass is 35.5. The molecule has 0 aliphatic carbocycles. The predicted octanol–water partition coefficient (Wildman–Crippen LogP) is 1.22. The Labute approximate surface area is 143 Å². The van der Waals surface area contributed by atoms with Crippen LogP contribution in [-0.4, -0.2) is 31.0 Å². The van der Waals surface area contributed by atoms with Crippen LogP contribution in [-0.2, 0) is 16.1 Å². The van der Waals surface area contributed by atoms with Crippen molar-refractivity contribution in [2.75, 3.05) is 13.2 Å². The van der Waals surface area contributed by atoms with Gasteiger partial charge in [0.15, 0.2) is 0 Å². The fourth-order valence-electron chi connectivity index (χ4n) is 1.76. The molecule has 1 aromatic rings. The number of nitrogens with two attached hydrogens (primary N) is 1. The average Bonchev–Trinajstić information content (AvgIpc) is 2.50. The first-order valence-electron chi connectivity index (χ1n) is 7.45. The summed E-state index contributed by atoms with van der Waals surface area (Å²) >= 11 is 0. The summed E-state index contributed by atoms with van der Waals surface area (Å²) in [6.45, 7) is 6.53. The summed E-state index contributed by atoms with van der Waals surface area (Å²) in [5.74, 6) is 0.226. The molecular formula is C16H26ClN3O3. The first kappa shape index (κ1) is 21.2. The molecule has 0 aliphatic rings. The van der Waals surface area contributed by atoms with Crippen molar-refractivity contribution in [2.24, 2.45) is 11.7 Å². The second-order valence-corrected chi connectivity index (χ2v) is 5.34. The number of halogens is 1. The van der Waals surface area contributed by atoms with E-state index in [9.17, 15) is 9.59 Å². The summed E-state index contributed by atoms with van der Waals surface area (Å²) in [5.41, 5.74) is 6.63. The van der Waals surface area contributed by atoms with Gasteiger partial charge in [0.05, 0.1) is 19.2 Å². The number of carbonyl (C=O) groups is 2. The van der Waals surface area contributed by atoms with Crippen molar-refractivity contribution in [3.8, 4) is 5.75 Å². The third-order valence-corrected chi connectivity index (χ3v) is 3.14. The minimum Gasteiger partial charge on any atom is -0.494 e. The molecule has 0 radical (unpaired) electrons. The van der Waals surface area contributed by atoms with Gasteiger partial charge in [0, 0.05) is 6.54 Å². The van der Waals surface area contributed by atoms with E-state index in [2.05, 4.69) is 10.6 Å². The normalized spacial score (nSPS) is 11.3. The molecule has 0 spiro atoms. The molecule has 1 aromatic carbocycles. The maximum atomic E-state index is 11.7. The molecule has 0 aliphatic heterocycles. The molecule has 2 amide bonds. The Bertz CT molecular complexity index is 509. The molecule has 0 fully saturated rings. The van der Waals surface area contributed by atoms with Gasteiger partial charge >= 0.3 is 0 Å². The van der Waals surface area contributed by atoms with Gasteiger partial charge in [-0.3, -0.25) is 9.59 Å². The molecule has 0 aromatic heterocycles. The lowest BCUT2D eigenvalue weighted by Crippen LogP contribution is -2.47. The monoisotopic (exact) mass is 343 g/mol. The highest BCUT2D eigenvalue weighted by Crippen LogP contribution is 2.12. The number of benzene rings is 1. The molecule has 0 saturated heterocycles. The minimum atomic E-state index is -0.601. The van der Waals surface area contributed by atoms with E-state index < -0.39 is 6.04 Å². The smallest absolute Gasteiger partial charge is 0.239 e. The lowest BCUT2D eigenvalue weighted by Gasteiger charge is -2.15. The third-order valence-electron chi connectivity index (χ3n) is 3.14. The van der Waals surface area contributed by atoms with Crippen LogP contribution in [0.1, 0.15) is 26.3 Å². The van der Waals surface area contributed by atoms with Gasteiger partial charge in [-0.2, -0.15) is 0 Å². The van der Waals surface area contributed by atoms with E-state index in [1.807, 2.05) is 45.0 Å². The molecule has 0 bridgehead atoms. The van der Waals surface area contributed by atoms with Crippen LogP contribution in [0.3, 0.4) is 0 Å². The van der Waals surface area contributed by atoms with Crippen molar-refractivity contribution in [3.63, 3.8) is 0 Å². The highest BCUT2D eigenvalue weighted by Gasteiger charge is 2.17. The zero-order valence-corrected chi connectivity index (χ0v) is 14.6. The molecule has 1 atom stereocenters. The maximum absolute atomic E-state index is 11.7. The van der Waals surface area contributed by atoms with Crippen molar-refractivity contribution in [1.82, 2.24) is 10.6 Å². The Morgan fingerprint density at radius 3 is 2.57 bits per heavy atom. The minimum absolute atomic E-state index is 0. The van der Waals surface area contributed by atoms with E-state index in [0.29, 0.717) is 13.2 Å². The zero-order valence-electron chi connectivity index (χ0n) is 13.8. The van der Waals surface area contributed by atoms with E-state index >= 15 is 0 Å². The summed E-state index contributed by atoms with van der Waals surface area (Å²) in [7, 11) is 0. The number of hydrogen-bond donors (Lipinski definition) is 3. The summed E-state index contributed by atoms with van der Waals surface area (Å²) in [6, 6.07) is 6.90. The highest BCUT2D eigenvalue weighted by molar-refractivity contribution is 5.87. The van der Waals surface area contributed by atoms with Gasteiger partial charge in [-0.1, -0.05) is 26.0 Å². The van der Waals surface area contributed by atoms with E-state index in [1.54, 1.807) is 0 Å². The summed E-state index contributed by atoms with van der Waals surface area (Å²) in [6.07, 6.45) is 0. The van der Waals surface area contributed by atoms with Gasteiger partial charge < -0.3 is 21.1 Å². The van der Waals surface area contributed by atoms with E-state index in [1.165, 1.54) is 0 Å². The number of amides is 2.